The van der Waals surface area contributed by atoms with Gasteiger partial charge in [-0.1, -0.05) is 6.07 Å². The molecule has 0 bridgehead atoms. The fourth-order valence-corrected chi connectivity index (χ4v) is 7.41. The summed E-state index contributed by atoms with van der Waals surface area (Å²) < 4.78 is 87.6. The summed E-state index contributed by atoms with van der Waals surface area (Å²) >= 11 is 1.16. The highest BCUT2D eigenvalue weighted by molar-refractivity contribution is 7.90. The Morgan fingerprint density at radius 3 is 2.69 bits per heavy atom. The number of pyridine rings is 1. The number of thiazole rings is 1. The summed E-state index contributed by atoms with van der Waals surface area (Å²) in [6, 6.07) is 4.77. The van der Waals surface area contributed by atoms with Crippen LogP contribution in [0.4, 0.5) is 17.6 Å². The van der Waals surface area contributed by atoms with Gasteiger partial charge in [0.05, 0.1) is 12.5 Å². The number of halogens is 4. The molecule has 5 rings (SSSR count). The predicted molar refractivity (Wildman–Crippen MR) is 125 cm³/mol. The lowest BCUT2D eigenvalue weighted by Crippen LogP contribution is -2.44. The van der Waals surface area contributed by atoms with Gasteiger partial charge in [0.25, 0.3) is 0 Å². The molecule has 0 N–H and O–H groups in total. The molecule has 0 amide bonds. The fraction of sp³-hybridized carbons (Fsp3) is 0.417. The number of likely N-dealkylation sites (tertiary alicyclic amines) is 1. The fourth-order valence-electron chi connectivity index (χ4n) is 5.07. The SMILES string of the molecule is O=S(=O)(Cc1nccs1)c1cc2c(cc1F)[C@H](N1CC[C@@H](C(F)(F)F)C[C@H]1c1cccnc1)CCO2. The van der Waals surface area contributed by atoms with E-state index in [1.54, 1.807) is 29.9 Å². The summed E-state index contributed by atoms with van der Waals surface area (Å²) in [5.41, 5.74) is 1.09. The van der Waals surface area contributed by atoms with Crippen LogP contribution in [0.25, 0.3) is 0 Å². The van der Waals surface area contributed by atoms with Gasteiger partial charge in [-0.15, -0.1) is 11.3 Å². The van der Waals surface area contributed by atoms with E-state index in [2.05, 4.69) is 9.97 Å². The molecule has 2 aliphatic rings. The van der Waals surface area contributed by atoms with Crippen LogP contribution in [0.2, 0.25) is 0 Å². The molecular formula is C24H23F4N3O3S2. The van der Waals surface area contributed by atoms with E-state index in [4.69, 9.17) is 4.74 Å². The number of nitrogens with zero attached hydrogens (tertiary/aromatic N) is 3. The number of sulfone groups is 1. The normalized spacial score (nSPS) is 23.2. The van der Waals surface area contributed by atoms with Crippen LogP contribution in [0.1, 0.15) is 47.5 Å². The molecule has 0 radical (unpaired) electrons. The predicted octanol–water partition coefficient (Wildman–Crippen LogP) is 5.49. The van der Waals surface area contributed by atoms with Crippen molar-refractivity contribution in [1.82, 2.24) is 14.9 Å². The van der Waals surface area contributed by atoms with Gasteiger partial charge in [0.1, 0.15) is 27.2 Å². The molecular weight excluding hydrogens is 518 g/mol. The molecule has 4 heterocycles. The molecule has 0 spiro atoms. The van der Waals surface area contributed by atoms with Crippen molar-refractivity contribution in [3.63, 3.8) is 0 Å². The first-order valence-electron chi connectivity index (χ1n) is 11.4. The number of piperidine rings is 1. The van der Waals surface area contributed by atoms with Crippen LogP contribution < -0.4 is 4.74 Å². The van der Waals surface area contributed by atoms with Crippen LogP contribution >= 0.6 is 11.3 Å². The second kappa shape index (κ2) is 9.71. The molecule has 0 unspecified atom stereocenters. The Hall–Kier alpha value is -2.57. The van der Waals surface area contributed by atoms with E-state index < -0.39 is 50.5 Å². The van der Waals surface area contributed by atoms with Gasteiger partial charge in [0.2, 0.25) is 0 Å². The van der Waals surface area contributed by atoms with Crippen molar-refractivity contribution in [2.45, 2.75) is 48.2 Å². The molecule has 3 atom stereocenters. The number of aromatic nitrogens is 2. The molecule has 192 valence electrons. The zero-order valence-corrected chi connectivity index (χ0v) is 20.6. The summed E-state index contributed by atoms with van der Waals surface area (Å²) in [5.74, 6) is -2.57. The van der Waals surface area contributed by atoms with E-state index in [1.165, 1.54) is 12.3 Å². The molecule has 3 aromatic rings. The van der Waals surface area contributed by atoms with Crippen molar-refractivity contribution in [2.75, 3.05) is 13.2 Å². The summed E-state index contributed by atoms with van der Waals surface area (Å²) in [5, 5.41) is 1.99. The third kappa shape index (κ3) is 4.98. The molecule has 36 heavy (non-hydrogen) atoms. The van der Waals surface area contributed by atoms with Gasteiger partial charge in [0.15, 0.2) is 9.84 Å². The first-order valence-corrected chi connectivity index (χ1v) is 14.0. The summed E-state index contributed by atoms with van der Waals surface area (Å²) in [6.45, 7) is 0.383. The van der Waals surface area contributed by atoms with Gasteiger partial charge in [-0.05, 0) is 37.1 Å². The standard InChI is InChI=1S/C24H23F4N3O3S2/c25-18-11-17-19(4-8-34-21(17)12-22(18)36(32,33)14-23-30-6-9-35-23)31-7-3-16(24(26,27)28)10-20(31)15-2-1-5-29-13-15/h1-2,5-6,9,11-13,16,19-20H,3-4,7-8,10,14H2/t16-,19-,20+/m1/s1. The molecule has 6 nitrogen and oxygen atoms in total. The number of benzene rings is 1. The number of hydrogen-bond acceptors (Lipinski definition) is 7. The zero-order valence-electron chi connectivity index (χ0n) is 19.0. The topological polar surface area (TPSA) is 72.4 Å². The third-order valence-corrected chi connectivity index (χ3v) is 9.38. The minimum Gasteiger partial charge on any atom is -0.493 e. The summed E-state index contributed by atoms with van der Waals surface area (Å²) in [7, 11) is -4.02. The molecule has 1 fully saturated rings. The van der Waals surface area contributed by atoms with Gasteiger partial charge < -0.3 is 4.74 Å². The second-order valence-electron chi connectivity index (χ2n) is 8.96. The van der Waals surface area contributed by atoms with Crippen molar-refractivity contribution in [3.05, 3.63) is 70.2 Å². The van der Waals surface area contributed by atoms with E-state index in [-0.39, 0.29) is 31.7 Å². The van der Waals surface area contributed by atoms with E-state index in [1.807, 2.05) is 4.90 Å². The van der Waals surface area contributed by atoms with Crippen LogP contribution in [0, 0.1) is 11.7 Å². The lowest BCUT2D eigenvalue weighted by atomic mass is 9.84. The largest absolute Gasteiger partial charge is 0.493 e. The highest BCUT2D eigenvalue weighted by Gasteiger charge is 2.46. The van der Waals surface area contributed by atoms with E-state index >= 15 is 4.39 Å². The maximum atomic E-state index is 15.3. The van der Waals surface area contributed by atoms with Crippen molar-refractivity contribution >= 4 is 21.2 Å². The average Bonchev–Trinajstić information content (AvgIpc) is 3.35. The Kier molecular flexibility index (Phi) is 6.77. The Labute approximate surface area is 209 Å². The maximum Gasteiger partial charge on any atom is 0.391 e. The first-order chi connectivity index (χ1) is 17.1. The second-order valence-corrected chi connectivity index (χ2v) is 11.9. The lowest BCUT2D eigenvalue weighted by molar-refractivity contribution is -0.192. The van der Waals surface area contributed by atoms with E-state index in [0.717, 1.165) is 17.4 Å². The Morgan fingerprint density at radius 2 is 2.00 bits per heavy atom. The highest BCUT2D eigenvalue weighted by Crippen LogP contribution is 2.48. The van der Waals surface area contributed by atoms with E-state index in [0.29, 0.717) is 22.6 Å². The van der Waals surface area contributed by atoms with Gasteiger partial charge in [-0.3, -0.25) is 9.88 Å². The number of fused-ring (bicyclic) bond motifs is 1. The van der Waals surface area contributed by atoms with E-state index in [9.17, 15) is 21.6 Å². The lowest BCUT2D eigenvalue weighted by Gasteiger charge is -2.46. The Bertz CT molecular complexity index is 1320. The van der Waals surface area contributed by atoms with Gasteiger partial charge in [-0.25, -0.2) is 17.8 Å². The van der Waals surface area contributed by atoms with Crippen molar-refractivity contribution in [2.24, 2.45) is 5.92 Å². The van der Waals surface area contributed by atoms with Crippen molar-refractivity contribution < 1.29 is 30.7 Å². The van der Waals surface area contributed by atoms with Crippen molar-refractivity contribution in [1.29, 1.82) is 0 Å². The van der Waals surface area contributed by atoms with Crippen LogP contribution in [0.5, 0.6) is 5.75 Å². The quantitative estimate of drug-likeness (QED) is 0.398. The molecule has 0 aliphatic carbocycles. The number of alkyl halides is 3. The Morgan fingerprint density at radius 1 is 1.17 bits per heavy atom. The first kappa shape index (κ1) is 25.1. The molecule has 12 heteroatoms. The van der Waals surface area contributed by atoms with Crippen LogP contribution in [0.15, 0.2) is 53.1 Å². The number of hydrogen-bond donors (Lipinski definition) is 0. The summed E-state index contributed by atoms with van der Waals surface area (Å²) in [6.07, 6.45) is 0.516. The number of ether oxygens (including phenoxy) is 1. The highest BCUT2D eigenvalue weighted by atomic mass is 32.2. The smallest absolute Gasteiger partial charge is 0.391 e. The number of rotatable bonds is 5. The van der Waals surface area contributed by atoms with Crippen LogP contribution in [-0.4, -0.2) is 42.6 Å². The minimum atomic E-state index is -4.31. The maximum absolute atomic E-state index is 15.3. The molecule has 1 saturated heterocycles. The molecule has 2 aromatic heterocycles. The molecule has 2 aliphatic heterocycles. The van der Waals surface area contributed by atoms with Gasteiger partial charge in [-0.2, -0.15) is 13.2 Å². The third-order valence-electron chi connectivity index (χ3n) is 6.78. The molecule has 0 saturated carbocycles. The Balaban J connectivity index is 1.49. The average molecular weight is 542 g/mol. The van der Waals surface area contributed by atoms with Crippen molar-refractivity contribution in [3.8, 4) is 5.75 Å². The zero-order chi connectivity index (χ0) is 25.5. The minimum absolute atomic E-state index is 0.0737. The monoisotopic (exact) mass is 541 g/mol. The van der Waals surface area contributed by atoms with Gasteiger partial charge in [0, 0.05) is 54.1 Å². The van der Waals surface area contributed by atoms with Gasteiger partial charge >= 0.3 is 6.18 Å². The van der Waals surface area contributed by atoms with Crippen LogP contribution in [0.3, 0.4) is 0 Å². The summed E-state index contributed by atoms with van der Waals surface area (Å²) in [4.78, 5) is 9.54. The molecule has 1 aromatic carbocycles. The van der Waals surface area contributed by atoms with Crippen LogP contribution in [-0.2, 0) is 15.6 Å².